The molecule has 1 aliphatic rings. The Morgan fingerprint density at radius 3 is 2.52 bits per heavy atom. The van der Waals surface area contributed by atoms with Crippen LogP contribution in [0, 0.1) is 5.92 Å². The number of nitrogens with zero attached hydrogens (tertiary/aromatic N) is 2. The average Bonchev–Trinajstić information content (AvgIpc) is 2.87. The molecule has 0 unspecified atom stereocenters. The van der Waals surface area contributed by atoms with Crippen molar-refractivity contribution in [1.29, 1.82) is 0 Å². The number of nitrogens with one attached hydrogen (secondary N) is 1. The molecular weight excluding hydrogens is 318 g/mol. The van der Waals surface area contributed by atoms with Crippen molar-refractivity contribution in [3.05, 3.63) is 29.8 Å². The molecule has 0 radical (unpaired) electrons. The zero-order valence-electron chi connectivity index (χ0n) is 15.5. The molecule has 0 atom stereocenters. The molecule has 6 nitrogen and oxygen atoms in total. The van der Waals surface area contributed by atoms with Gasteiger partial charge in [-0.15, -0.1) is 0 Å². The number of para-hydroxylation sites is 1. The lowest BCUT2D eigenvalue weighted by atomic mass is 10.1. The van der Waals surface area contributed by atoms with Gasteiger partial charge in [-0.25, -0.2) is 4.79 Å². The predicted octanol–water partition coefficient (Wildman–Crippen LogP) is 2.14. The summed E-state index contributed by atoms with van der Waals surface area (Å²) in [5.41, 5.74) is 1.08. The van der Waals surface area contributed by atoms with Gasteiger partial charge >= 0.3 is 6.03 Å². The Kier molecular flexibility index (Phi) is 7.10. The third kappa shape index (κ3) is 5.37. The monoisotopic (exact) mass is 347 g/mol. The van der Waals surface area contributed by atoms with E-state index >= 15 is 0 Å². The van der Waals surface area contributed by atoms with E-state index in [1.807, 2.05) is 43.0 Å². The van der Waals surface area contributed by atoms with Crippen LogP contribution in [0.25, 0.3) is 0 Å². The third-order valence-electron chi connectivity index (χ3n) is 4.45. The van der Waals surface area contributed by atoms with Gasteiger partial charge in [0.15, 0.2) is 0 Å². The normalized spacial score (nSPS) is 15.0. The SMILES string of the molecule is COc1ccccc1CCNC(=O)N1CCCN(C(=O)C(C)C)CC1. The molecule has 25 heavy (non-hydrogen) atoms. The fourth-order valence-corrected chi connectivity index (χ4v) is 3.03. The van der Waals surface area contributed by atoms with Crippen molar-refractivity contribution >= 4 is 11.9 Å². The molecule has 1 fully saturated rings. The Labute approximate surface area is 150 Å². The standard InChI is InChI=1S/C19H29N3O3/c1-15(2)18(23)21-11-6-12-22(14-13-21)19(24)20-10-9-16-7-4-5-8-17(16)25-3/h4-5,7-8,15H,6,9-14H2,1-3H3,(H,20,24). The van der Waals surface area contributed by atoms with Gasteiger partial charge in [0.05, 0.1) is 7.11 Å². The van der Waals surface area contributed by atoms with Crippen LogP contribution in [-0.4, -0.2) is 61.6 Å². The first-order valence-electron chi connectivity index (χ1n) is 8.96. The van der Waals surface area contributed by atoms with Crippen LogP contribution >= 0.6 is 0 Å². The first-order chi connectivity index (χ1) is 12.0. The fourth-order valence-electron chi connectivity index (χ4n) is 3.03. The maximum atomic E-state index is 12.4. The summed E-state index contributed by atoms with van der Waals surface area (Å²) in [4.78, 5) is 28.2. The number of urea groups is 1. The van der Waals surface area contributed by atoms with Crippen LogP contribution < -0.4 is 10.1 Å². The molecule has 0 saturated carbocycles. The lowest BCUT2D eigenvalue weighted by Gasteiger charge is -2.23. The van der Waals surface area contributed by atoms with Crippen molar-refractivity contribution in [3.8, 4) is 5.75 Å². The molecule has 6 heteroatoms. The molecule has 1 N–H and O–H groups in total. The fraction of sp³-hybridized carbons (Fsp3) is 0.579. The highest BCUT2D eigenvalue weighted by Gasteiger charge is 2.23. The van der Waals surface area contributed by atoms with Gasteiger partial charge in [0.25, 0.3) is 0 Å². The van der Waals surface area contributed by atoms with E-state index in [-0.39, 0.29) is 17.9 Å². The number of benzene rings is 1. The molecule has 0 bridgehead atoms. The number of hydrogen-bond acceptors (Lipinski definition) is 3. The molecule has 2 rings (SSSR count). The Hall–Kier alpha value is -2.24. The van der Waals surface area contributed by atoms with E-state index in [1.165, 1.54) is 0 Å². The molecule has 0 spiro atoms. The van der Waals surface area contributed by atoms with Gasteiger partial charge in [-0.3, -0.25) is 4.79 Å². The van der Waals surface area contributed by atoms with Crippen molar-refractivity contribution in [3.63, 3.8) is 0 Å². The zero-order chi connectivity index (χ0) is 18.2. The van der Waals surface area contributed by atoms with E-state index in [9.17, 15) is 9.59 Å². The van der Waals surface area contributed by atoms with Gasteiger partial charge < -0.3 is 19.9 Å². The van der Waals surface area contributed by atoms with Crippen molar-refractivity contribution in [1.82, 2.24) is 15.1 Å². The van der Waals surface area contributed by atoms with Crippen molar-refractivity contribution in [2.75, 3.05) is 39.8 Å². The van der Waals surface area contributed by atoms with E-state index in [1.54, 1.807) is 12.0 Å². The van der Waals surface area contributed by atoms with Crippen molar-refractivity contribution in [2.45, 2.75) is 26.7 Å². The predicted molar refractivity (Wildman–Crippen MR) is 97.7 cm³/mol. The van der Waals surface area contributed by atoms with Gasteiger partial charge in [0.2, 0.25) is 5.91 Å². The maximum Gasteiger partial charge on any atom is 0.317 e. The topological polar surface area (TPSA) is 61.9 Å². The number of carbonyl (C=O) groups is 2. The number of methoxy groups -OCH3 is 1. The number of ether oxygens (including phenoxy) is 1. The summed E-state index contributed by atoms with van der Waals surface area (Å²) in [5, 5.41) is 2.97. The minimum absolute atomic E-state index is 0.00114. The number of rotatable bonds is 5. The summed E-state index contributed by atoms with van der Waals surface area (Å²) in [6.07, 6.45) is 1.54. The van der Waals surface area contributed by atoms with Crippen LogP contribution in [0.3, 0.4) is 0 Å². The number of carbonyl (C=O) groups excluding carboxylic acids is 2. The van der Waals surface area contributed by atoms with E-state index in [2.05, 4.69) is 5.32 Å². The van der Waals surface area contributed by atoms with Crippen molar-refractivity contribution in [2.24, 2.45) is 5.92 Å². The highest BCUT2D eigenvalue weighted by atomic mass is 16.5. The molecule has 1 aliphatic heterocycles. The Balaban J connectivity index is 1.80. The molecular formula is C19H29N3O3. The van der Waals surface area contributed by atoms with Crippen LogP contribution in [0.5, 0.6) is 5.75 Å². The quantitative estimate of drug-likeness (QED) is 0.888. The van der Waals surface area contributed by atoms with E-state index in [4.69, 9.17) is 4.74 Å². The largest absolute Gasteiger partial charge is 0.496 e. The summed E-state index contributed by atoms with van der Waals surface area (Å²) < 4.78 is 5.33. The Morgan fingerprint density at radius 2 is 1.80 bits per heavy atom. The highest BCUT2D eigenvalue weighted by molar-refractivity contribution is 5.78. The summed E-state index contributed by atoms with van der Waals surface area (Å²) in [5.74, 6) is 1.01. The first-order valence-corrected chi connectivity index (χ1v) is 8.96. The lowest BCUT2D eigenvalue weighted by molar-refractivity contribution is -0.134. The van der Waals surface area contributed by atoms with Gasteiger partial charge in [-0.2, -0.15) is 0 Å². The molecule has 1 heterocycles. The maximum absolute atomic E-state index is 12.4. The molecule has 138 valence electrons. The first kappa shape index (κ1) is 19.1. The lowest BCUT2D eigenvalue weighted by Crippen LogP contribution is -2.43. The van der Waals surface area contributed by atoms with Crippen molar-refractivity contribution < 1.29 is 14.3 Å². The Morgan fingerprint density at radius 1 is 1.12 bits per heavy atom. The highest BCUT2D eigenvalue weighted by Crippen LogP contribution is 2.17. The number of amides is 3. The summed E-state index contributed by atoms with van der Waals surface area (Å²) in [6, 6.07) is 7.77. The summed E-state index contributed by atoms with van der Waals surface area (Å²) in [6.45, 7) is 6.98. The van der Waals surface area contributed by atoms with E-state index in [0.29, 0.717) is 26.2 Å². The van der Waals surface area contributed by atoms with Gasteiger partial charge in [-0.05, 0) is 24.5 Å². The van der Waals surface area contributed by atoms with Crippen LogP contribution in [0.1, 0.15) is 25.8 Å². The minimum Gasteiger partial charge on any atom is -0.496 e. The second-order valence-corrected chi connectivity index (χ2v) is 6.61. The molecule has 1 aromatic carbocycles. The van der Waals surface area contributed by atoms with Crippen LogP contribution in [0.2, 0.25) is 0 Å². The van der Waals surface area contributed by atoms with E-state index in [0.717, 1.165) is 30.7 Å². The number of hydrogen-bond donors (Lipinski definition) is 1. The summed E-state index contributed by atoms with van der Waals surface area (Å²) >= 11 is 0. The molecule has 1 saturated heterocycles. The van der Waals surface area contributed by atoms with Crippen LogP contribution in [0.15, 0.2) is 24.3 Å². The Bertz CT molecular complexity index is 589. The van der Waals surface area contributed by atoms with Gasteiger partial charge in [0.1, 0.15) is 5.75 Å². The average molecular weight is 347 g/mol. The van der Waals surface area contributed by atoms with Crippen LogP contribution in [-0.2, 0) is 11.2 Å². The molecule has 1 aromatic rings. The van der Waals surface area contributed by atoms with Gasteiger partial charge in [-0.1, -0.05) is 32.0 Å². The zero-order valence-corrected chi connectivity index (χ0v) is 15.5. The molecule has 3 amide bonds. The van der Waals surface area contributed by atoms with E-state index < -0.39 is 0 Å². The van der Waals surface area contributed by atoms with Gasteiger partial charge in [0, 0.05) is 38.6 Å². The second kappa shape index (κ2) is 9.30. The minimum atomic E-state index is -0.0613. The third-order valence-corrected chi connectivity index (χ3v) is 4.45. The smallest absolute Gasteiger partial charge is 0.317 e. The van der Waals surface area contributed by atoms with Crippen LogP contribution in [0.4, 0.5) is 4.79 Å². The molecule has 0 aliphatic carbocycles. The second-order valence-electron chi connectivity index (χ2n) is 6.61. The summed E-state index contributed by atoms with van der Waals surface area (Å²) in [7, 11) is 1.65. The molecule has 0 aromatic heterocycles.